The molecular formula is C22H29N5O3S. The molecule has 0 bridgehead atoms. The largest absolute Gasteiger partial charge is 0.378 e. The van der Waals surface area contributed by atoms with Crippen LogP contribution < -0.4 is 15.5 Å². The summed E-state index contributed by atoms with van der Waals surface area (Å²) in [5, 5.41) is 8.36. The molecule has 1 aromatic heterocycles. The number of ether oxygens (including phenoxy) is 1. The number of rotatable bonds is 7. The van der Waals surface area contributed by atoms with E-state index in [9.17, 15) is 9.59 Å². The van der Waals surface area contributed by atoms with Crippen LogP contribution in [0, 0.1) is 5.92 Å². The van der Waals surface area contributed by atoms with Crippen molar-refractivity contribution in [1.29, 1.82) is 0 Å². The van der Waals surface area contributed by atoms with Gasteiger partial charge in [0.05, 0.1) is 19.1 Å². The van der Waals surface area contributed by atoms with Gasteiger partial charge in [0.15, 0.2) is 5.13 Å². The van der Waals surface area contributed by atoms with E-state index in [1.165, 1.54) is 11.3 Å². The van der Waals surface area contributed by atoms with E-state index < -0.39 is 0 Å². The molecule has 1 aromatic carbocycles. The molecule has 2 fully saturated rings. The van der Waals surface area contributed by atoms with Gasteiger partial charge in [0, 0.05) is 55.6 Å². The smallest absolute Gasteiger partial charge is 0.230 e. The minimum atomic E-state index is -0.0616. The quantitative estimate of drug-likeness (QED) is 0.684. The van der Waals surface area contributed by atoms with Gasteiger partial charge in [-0.1, -0.05) is 0 Å². The van der Waals surface area contributed by atoms with Crippen molar-refractivity contribution >= 4 is 39.7 Å². The molecule has 166 valence electrons. The van der Waals surface area contributed by atoms with E-state index in [0.717, 1.165) is 57.1 Å². The topological polar surface area (TPSA) is 86.8 Å². The van der Waals surface area contributed by atoms with Crippen molar-refractivity contribution in [1.82, 2.24) is 9.88 Å². The number of amides is 2. The van der Waals surface area contributed by atoms with Gasteiger partial charge in [0.1, 0.15) is 0 Å². The van der Waals surface area contributed by atoms with Crippen molar-refractivity contribution in [2.75, 3.05) is 61.5 Å². The Morgan fingerprint density at radius 3 is 2.68 bits per heavy atom. The molecule has 1 unspecified atom stereocenters. The number of carbonyl (C=O) groups excluding carboxylic acids is 2. The second kappa shape index (κ2) is 10.7. The van der Waals surface area contributed by atoms with Crippen LogP contribution in [0.15, 0.2) is 35.8 Å². The molecule has 8 nitrogen and oxygen atoms in total. The molecule has 0 radical (unpaired) electrons. The number of thiazole rings is 1. The number of likely N-dealkylation sites (tertiary alicyclic amines) is 1. The molecule has 3 heterocycles. The van der Waals surface area contributed by atoms with E-state index >= 15 is 0 Å². The highest BCUT2D eigenvalue weighted by Gasteiger charge is 2.26. The lowest BCUT2D eigenvalue weighted by Crippen LogP contribution is -2.41. The molecule has 2 aliphatic rings. The first kappa shape index (κ1) is 21.7. The Bertz CT molecular complexity index is 853. The Balaban J connectivity index is 1.20. The van der Waals surface area contributed by atoms with Gasteiger partial charge < -0.3 is 25.2 Å². The average molecular weight is 444 g/mol. The lowest BCUT2D eigenvalue weighted by atomic mass is 9.97. The molecular weight excluding hydrogens is 414 g/mol. The predicted octanol–water partition coefficient (Wildman–Crippen LogP) is 2.66. The number of morpholine rings is 1. The summed E-state index contributed by atoms with van der Waals surface area (Å²) >= 11 is 1.42. The van der Waals surface area contributed by atoms with E-state index in [4.69, 9.17) is 4.74 Å². The first-order chi connectivity index (χ1) is 15.2. The van der Waals surface area contributed by atoms with Crippen molar-refractivity contribution in [2.45, 2.75) is 19.3 Å². The Kier molecular flexibility index (Phi) is 7.50. The third kappa shape index (κ3) is 6.25. The fourth-order valence-corrected chi connectivity index (χ4v) is 4.56. The van der Waals surface area contributed by atoms with E-state index in [1.54, 1.807) is 6.20 Å². The maximum Gasteiger partial charge on any atom is 0.230 e. The number of hydrogen-bond donors (Lipinski definition) is 2. The maximum absolute atomic E-state index is 12.5. The number of benzene rings is 1. The van der Waals surface area contributed by atoms with E-state index in [-0.39, 0.29) is 17.7 Å². The van der Waals surface area contributed by atoms with Gasteiger partial charge >= 0.3 is 0 Å². The van der Waals surface area contributed by atoms with Crippen molar-refractivity contribution in [3.63, 3.8) is 0 Å². The first-order valence-electron chi connectivity index (χ1n) is 10.8. The maximum atomic E-state index is 12.5. The van der Waals surface area contributed by atoms with Gasteiger partial charge in [-0.05, 0) is 43.7 Å². The highest BCUT2D eigenvalue weighted by molar-refractivity contribution is 7.13. The van der Waals surface area contributed by atoms with Crippen molar-refractivity contribution in [2.24, 2.45) is 5.92 Å². The number of anilines is 3. The van der Waals surface area contributed by atoms with Gasteiger partial charge in [0.25, 0.3) is 0 Å². The third-order valence-electron chi connectivity index (χ3n) is 5.72. The van der Waals surface area contributed by atoms with Crippen molar-refractivity contribution in [3.05, 3.63) is 35.8 Å². The van der Waals surface area contributed by atoms with Crippen LogP contribution in [0.4, 0.5) is 16.5 Å². The summed E-state index contributed by atoms with van der Waals surface area (Å²) in [5.41, 5.74) is 1.96. The normalized spacial score (nSPS) is 19.7. The summed E-state index contributed by atoms with van der Waals surface area (Å²) in [6, 6.07) is 7.97. The lowest BCUT2D eigenvalue weighted by molar-refractivity contribution is -0.121. The fraction of sp³-hybridized carbons (Fsp3) is 0.500. The minimum absolute atomic E-state index is 0.00603. The van der Waals surface area contributed by atoms with E-state index in [0.29, 0.717) is 24.6 Å². The average Bonchev–Trinajstić information content (AvgIpc) is 3.32. The van der Waals surface area contributed by atoms with Crippen molar-refractivity contribution < 1.29 is 14.3 Å². The molecule has 4 rings (SSSR count). The van der Waals surface area contributed by atoms with E-state index in [2.05, 4.69) is 25.4 Å². The van der Waals surface area contributed by atoms with Crippen LogP contribution >= 0.6 is 11.3 Å². The second-order valence-corrected chi connectivity index (χ2v) is 8.81. The summed E-state index contributed by atoms with van der Waals surface area (Å²) in [6.07, 6.45) is 3.92. The Hall–Kier alpha value is -2.49. The first-order valence-corrected chi connectivity index (χ1v) is 11.7. The van der Waals surface area contributed by atoms with Crippen LogP contribution in [0.5, 0.6) is 0 Å². The van der Waals surface area contributed by atoms with Crippen LogP contribution in [0.2, 0.25) is 0 Å². The van der Waals surface area contributed by atoms with Gasteiger partial charge in [-0.2, -0.15) is 0 Å². The van der Waals surface area contributed by atoms with Gasteiger partial charge in [-0.15, -0.1) is 11.3 Å². The van der Waals surface area contributed by atoms with Gasteiger partial charge in [0.2, 0.25) is 11.8 Å². The van der Waals surface area contributed by atoms with Crippen LogP contribution in [0.3, 0.4) is 0 Å². The molecule has 1 atom stereocenters. The second-order valence-electron chi connectivity index (χ2n) is 7.91. The summed E-state index contributed by atoms with van der Waals surface area (Å²) in [5.74, 6) is -0.0496. The highest BCUT2D eigenvalue weighted by atomic mass is 32.1. The summed E-state index contributed by atoms with van der Waals surface area (Å²) < 4.78 is 5.39. The van der Waals surface area contributed by atoms with Gasteiger partial charge in [-0.25, -0.2) is 4.98 Å². The molecule has 2 amide bonds. The van der Waals surface area contributed by atoms with Crippen molar-refractivity contribution in [3.8, 4) is 0 Å². The Morgan fingerprint density at radius 1 is 1.13 bits per heavy atom. The number of nitrogens with zero attached hydrogens (tertiary/aromatic N) is 3. The zero-order chi connectivity index (χ0) is 21.5. The fourth-order valence-electron chi connectivity index (χ4n) is 4.03. The monoisotopic (exact) mass is 443 g/mol. The molecule has 2 N–H and O–H groups in total. The standard InChI is InChI=1S/C22H29N5O3S/c28-20(24-18-3-5-19(6-4-18)27-11-13-30-14-12-27)7-10-26-9-1-2-17(16-26)21(29)25-22-23-8-15-31-22/h3-6,8,15,17H,1-2,7,9-14,16H2,(H,24,28)(H,23,25,29). The highest BCUT2D eigenvalue weighted by Crippen LogP contribution is 2.21. The van der Waals surface area contributed by atoms with Gasteiger partial charge in [-0.3, -0.25) is 9.59 Å². The minimum Gasteiger partial charge on any atom is -0.378 e. The Labute approximate surface area is 186 Å². The lowest BCUT2D eigenvalue weighted by Gasteiger charge is -2.31. The molecule has 9 heteroatoms. The predicted molar refractivity (Wildman–Crippen MR) is 123 cm³/mol. The third-order valence-corrected chi connectivity index (χ3v) is 6.41. The van der Waals surface area contributed by atoms with E-state index in [1.807, 2.05) is 29.6 Å². The molecule has 2 aromatic rings. The summed E-state index contributed by atoms with van der Waals surface area (Å²) in [7, 11) is 0. The molecule has 2 saturated heterocycles. The molecule has 31 heavy (non-hydrogen) atoms. The summed E-state index contributed by atoms with van der Waals surface area (Å²) in [4.78, 5) is 33.5. The molecule has 0 spiro atoms. The van der Waals surface area contributed by atoms with Crippen LogP contribution in [0.25, 0.3) is 0 Å². The number of aromatic nitrogens is 1. The zero-order valence-electron chi connectivity index (χ0n) is 17.6. The van der Waals surface area contributed by atoms with Crippen LogP contribution in [-0.4, -0.2) is 67.6 Å². The number of hydrogen-bond acceptors (Lipinski definition) is 7. The molecule has 0 aliphatic carbocycles. The van der Waals surface area contributed by atoms with Crippen LogP contribution in [0.1, 0.15) is 19.3 Å². The van der Waals surface area contributed by atoms with Crippen LogP contribution in [-0.2, 0) is 14.3 Å². The summed E-state index contributed by atoms with van der Waals surface area (Å²) in [6.45, 7) is 5.54. The molecule has 0 saturated carbocycles. The number of nitrogens with one attached hydrogen (secondary N) is 2. The Morgan fingerprint density at radius 2 is 1.94 bits per heavy atom. The SMILES string of the molecule is O=C(CCN1CCCC(C(=O)Nc2nccs2)C1)Nc1ccc(N2CCOCC2)cc1. The number of carbonyl (C=O) groups is 2. The zero-order valence-corrected chi connectivity index (χ0v) is 18.4. The molecule has 2 aliphatic heterocycles. The number of piperidine rings is 1.